The van der Waals surface area contributed by atoms with Gasteiger partial charge in [-0.25, -0.2) is 14.0 Å². The van der Waals surface area contributed by atoms with Gasteiger partial charge in [0, 0.05) is 12.7 Å². The number of benzene rings is 1. The lowest BCUT2D eigenvalue weighted by atomic mass is 10.3. The number of carbonyl (C=O) groups is 2. The minimum atomic E-state index is -1.37. The van der Waals surface area contributed by atoms with Crippen molar-refractivity contribution < 1.29 is 24.2 Å². The van der Waals surface area contributed by atoms with Gasteiger partial charge in [0.15, 0.2) is 6.04 Å². The van der Waals surface area contributed by atoms with Crippen molar-refractivity contribution in [3.8, 4) is 0 Å². The van der Waals surface area contributed by atoms with Gasteiger partial charge in [0.25, 0.3) is 0 Å². The second-order valence-corrected chi connectivity index (χ2v) is 3.56. The smallest absolute Gasteiger partial charge is 0.328 e. The zero-order chi connectivity index (χ0) is 13.7. The van der Waals surface area contributed by atoms with Gasteiger partial charge in [-0.15, -0.1) is 0 Å². The highest BCUT2D eigenvalue weighted by atomic mass is 19.1. The van der Waals surface area contributed by atoms with Crippen LogP contribution in [0.5, 0.6) is 0 Å². The van der Waals surface area contributed by atoms with Crippen LogP contribution in [0.1, 0.15) is 0 Å². The molecule has 98 valence electrons. The second kappa shape index (κ2) is 5.97. The summed E-state index contributed by atoms with van der Waals surface area (Å²) in [5.74, 6) is -1.77. The molecule has 0 aliphatic heterocycles. The molecule has 1 atom stereocenters. The number of nitrogens with zero attached hydrogens (tertiary/aromatic N) is 1. The van der Waals surface area contributed by atoms with Crippen molar-refractivity contribution in [2.75, 3.05) is 18.6 Å². The summed E-state index contributed by atoms with van der Waals surface area (Å²) in [6, 6.07) is 3.04. The summed E-state index contributed by atoms with van der Waals surface area (Å²) in [7, 11) is 1.40. The monoisotopic (exact) mass is 256 g/mol. The molecular weight excluding hydrogens is 243 g/mol. The highest BCUT2D eigenvalue weighted by Gasteiger charge is 2.21. The van der Waals surface area contributed by atoms with Crippen molar-refractivity contribution in [2.24, 2.45) is 0 Å². The number of aliphatic hydroxyl groups is 1. The molecule has 3 N–H and O–H groups in total. The van der Waals surface area contributed by atoms with E-state index in [1.54, 1.807) is 0 Å². The van der Waals surface area contributed by atoms with Crippen LogP contribution in [0.2, 0.25) is 0 Å². The lowest BCUT2D eigenvalue weighted by molar-refractivity contribution is -0.140. The topological polar surface area (TPSA) is 89.9 Å². The standard InChI is InChI=1S/C11H13FN2O4/c1-14(8-4-2-7(12)3-5-8)11(18)13-9(6-15)10(16)17/h2-5,9,15H,6H2,1H3,(H,13,18)(H,16,17)/t9-/m1/s1. The molecule has 0 bridgehead atoms. The summed E-state index contributed by atoms with van der Waals surface area (Å²) in [5, 5.41) is 19.6. The van der Waals surface area contributed by atoms with Crippen molar-refractivity contribution in [1.29, 1.82) is 0 Å². The minimum absolute atomic E-state index is 0.399. The molecule has 0 fully saturated rings. The van der Waals surface area contributed by atoms with Gasteiger partial charge in [-0.1, -0.05) is 0 Å². The molecule has 18 heavy (non-hydrogen) atoms. The van der Waals surface area contributed by atoms with E-state index in [9.17, 15) is 14.0 Å². The Morgan fingerprint density at radius 2 is 1.94 bits per heavy atom. The van der Waals surface area contributed by atoms with Crippen LogP contribution in [-0.2, 0) is 4.79 Å². The number of carboxylic acid groups (broad SMARTS) is 1. The number of urea groups is 1. The Hall–Kier alpha value is -2.15. The molecule has 0 radical (unpaired) electrons. The first-order valence-electron chi connectivity index (χ1n) is 5.09. The van der Waals surface area contributed by atoms with Crippen LogP contribution in [0.25, 0.3) is 0 Å². The minimum Gasteiger partial charge on any atom is -0.480 e. The molecule has 1 aromatic rings. The van der Waals surface area contributed by atoms with Gasteiger partial charge < -0.3 is 15.5 Å². The predicted molar refractivity (Wildman–Crippen MR) is 61.8 cm³/mol. The molecule has 0 aliphatic rings. The lowest BCUT2D eigenvalue weighted by Gasteiger charge is -2.20. The fraction of sp³-hybridized carbons (Fsp3) is 0.273. The highest BCUT2D eigenvalue weighted by molar-refractivity contribution is 5.93. The average Bonchev–Trinajstić information content (AvgIpc) is 2.35. The Morgan fingerprint density at radius 3 is 2.39 bits per heavy atom. The molecule has 2 amide bonds. The third kappa shape index (κ3) is 3.42. The molecule has 1 aromatic carbocycles. The molecule has 0 aliphatic carbocycles. The van der Waals surface area contributed by atoms with Crippen LogP contribution in [0.4, 0.5) is 14.9 Å². The summed E-state index contributed by atoms with van der Waals surface area (Å²) < 4.78 is 12.7. The Balaban J connectivity index is 2.72. The number of nitrogens with one attached hydrogen (secondary N) is 1. The number of amides is 2. The summed E-state index contributed by atoms with van der Waals surface area (Å²) in [5.41, 5.74) is 0.399. The quantitative estimate of drug-likeness (QED) is 0.728. The van der Waals surface area contributed by atoms with Crippen molar-refractivity contribution >= 4 is 17.7 Å². The Labute approximate surface area is 103 Å². The van der Waals surface area contributed by atoms with Crippen molar-refractivity contribution in [2.45, 2.75) is 6.04 Å². The first-order valence-corrected chi connectivity index (χ1v) is 5.09. The van der Waals surface area contributed by atoms with E-state index in [1.165, 1.54) is 31.3 Å². The van der Waals surface area contributed by atoms with E-state index < -0.39 is 30.5 Å². The number of hydrogen-bond acceptors (Lipinski definition) is 3. The number of aliphatic hydroxyl groups excluding tert-OH is 1. The van der Waals surface area contributed by atoms with Crippen LogP contribution < -0.4 is 10.2 Å². The Kier molecular flexibility index (Phi) is 4.61. The summed E-state index contributed by atoms with van der Waals surface area (Å²) in [4.78, 5) is 23.4. The van der Waals surface area contributed by atoms with Crippen LogP contribution in [0.15, 0.2) is 24.3 Å². The predicted octanol–water partition coefficient (Wildman–Crippen LogP) is 0.417. The number of aliphatic carboxylic acids is 1. The molecule has 0 aromatic heterocycles. The van der Waals surface area contributed by atoms with Crippen molar-refractivity contribution in [1.82, 2.24) is 5.32 Å². The summed E-state index contributed by atoms with van der Waals surface area (Å²) >= 11 is 0. The Bertz CT molecular complexity index is 435. The third-order valence-electron chi connectivity index (χ3n) is 2.30. The molecule has 0 heterocycles. The maximum Gasteiger partial charge on any atom is 0.328 e. The summed E-state index contributed by atoms with van der Waals surface area (Å²) in [6.07, 6.45) is 0. The zero-order valence-electron chi connectivity index (χ0n) is 9.63. The first-order chi connectivity index (χ1) is 8.45. The highest BCUT2D eigenvalue weighted by Crippen LogP contribution is 2.13. The molecule has 1 rings (SSSR count). The number of carbonyl (C=O) groups excluding carboxylic acids is 1. The Morgan fingerprint density at radius 1 is 1.39 bits per heavy atom. The number of hydrogen-bond donors (Lipinski definition) is 3. The van der Waals surface area contributed by atoms with Gasteiger partial charge in [-0.05, 0) is 24.3 Å². The van der Waals surface area contributed by atoms with Crippen LogP contribution in [0, 0.1) is 5.82 Å². The van der Waals surface area contributed by atoms with Gasteiger partial charge in [0.2, 0.25) is 0 Å². The number of anilines is 1. The maximum absolute atomic E-state index is 12.7. The molecule has 6 nitrogen and oxygen atoms in total. The lowest BCUT2D eigenvalue weighted by Crippen LogP contribution is -2.48. The van der Waals surface area contributed by atoms with Crippen LogP contribution in [-0.4, -0.2) is 41.9 Å². The molecule has 0 saturated carbocycles. The van der Waals surface area contributed by atoms with Crippen LogP contribution in [0.3, 0.4) is 0 Å². The van der Waals surface area contributed by atoms with E-state index in [1.807, 2.05) is 0 Å². The molecular formula is C11H13FN2O4. The molecule has 0 unspecified atom stereocenters. The van der Waals surface area contributed by atoms with Gasteiger partial charge in [-0.2, -0.15) is 0 Å². The van der Waals surface area contributed by atoms with Crippen molar-refractivity contribution in [3.63, 3.8) is 0 Å². The van der Waals surface area contributed by atoms with E-state index in [0.29, 0.717) is 5.69 Å². The zero-order valence-corrected chi connectivity index (χ0v) is 9.63. The van der Waals surface area contributed by atoms with E-state index in [-0.39, 0.29) is 0 Å². The van der Waals surface area contributed by atoms with E-state index in [2.05, 4.69) is 5.32 Å². The van der Waals surface area contributed by atoms with E-state index in [4.69, 9.17) is 10.2 Å². The first kappa shape index (κ1) is 13.9. The van der Waals surface area contributed by atoms with E-state index in [0.717, 1.165) is 4.90 Å². The number of rotatable bonds is 4. The van der Waals surface area contributed by atoms with Crippen LogP contribution >= 0.6 is 0 Å². The maximum atomic E-state index is 12.7. The molecule has 7 heteroatoms. The van der Waals surface area contributed by atoms with Crippen molar-refractivity contribution in [3.05, 3.63) is 30.1 Å². The number of halogens is 1. The third-order valence-corrected chi connectivity index (χ3v) is 2.30. The van der Waals surface area contributed by atoms with Gasteiger partial charge >= 0.3 is 12.0 Å². The second-order valence-electron chi connectivity index (χ2n) is 3.56. The van der Waals surface area contributed by atoms with E-state index >= 15 is 0 Å². The average molecular weight is 256 g/mol. The van der Waals surface area contributed by atoms with Gasteiger partial charge in [0.1, 0.15) is 5.82 Å². The molecule has 0 saturated heterocycles. The fourth-order valence-corrected chi connectivity index (χ4v) is 1.21. The number of carboxylic acids is 1. The SMILES string of the molecule is CN(C(=O)N[C@H](CO)C(=O)O)c1ccc(F)cc1. The largest absolute Gasteiger partial charge is 0.480 e. The normalized spacial score (nSPS) is 11.7. The summed E-state index contributed by atoms with van der Waals surface area (Å²) in [6.45, 7) is -0.710. The van der Waals surface area contributed by atoms with Gasteiger partial charge in [-0.3, -0.25) is 4.90 Å². The van der Waals surface area contributed by atoms with Gasteiger partial charge in [0.05, 0.1) is 6.61 Å². The molecule has 0 spiro atoms. The fourth-order valence-electron chi connectivity index (χ4n) is 1.21.